The number of nitriles is 1. The predicted octanol–water partition coefficient (Wildman–Crippen LogP) is 3.77. The second kappa shape index (κ2) is 8.30. The van der Waals surface area contributed by atoms with E-state index in [4.69, 9.17) is 5.26 Å². The van der Waals surface area contributed by atoms with E-state index in [1.54, 1.807) is 23.0 Å². The molecule has 8 nitrogen and oxygen atoms in total. The zero-order valence-corrected chi connectivity index (χ0v) is 18.3. The van der Waals surface area contributed by atoms with Crippen molar-refractivity contribution in [2.45, 2.75) is 52.2 Å². The molecule has 9 heteroatoms. The van der Waals surface area contributed by atoms with E-state index >= 15 is 0 Å². The van der Waals surface area contributed by atoms with Gasteiger partial charge in [-0.2, -0.15) is 15.0 Å². The van der Waals surface area contributed by atoms with Gasteiger partial charge in [0, 0.05) is 35.9 Å². The van der Waals surface area contributed by atoms with Crippen LogP contribution in [0, 0.1) is 11.3 Å². The molecule has 0 saturated heterocycles. The van der Waals surface area contributed by atoms with Crippen LogP contribution in [-0.4, -0.2) is 43.4 Å². The van der Waals surface area contributed by atoms with Crippen molar-refractivity contribution in [1.82, 2.24) is 25.1 Å². The molecule has 0 saturated carbocycles. The number of fused-ring (bicyclic) bond motifs is 1. The number of pyridine rings is 2. The predicted molar refractivity (Wildman–Crippen MR) is 117 cm³/mol. The minimum atomic E-state index is -1.36. The SMILES string of the molecule is CC(C)(F)CCNC(=O)c1cnc(-n2ncc3cc(C#N)cnc32)cc1NC(C)(C)C. The maximum absolute atomic E-state index is 13.7. The smallest absolute Gasteiger partial charge is 0.254 e. The number of amides is 1. The van der Waals surface area contributed by atoms with Gasteiger partial charge >= 0.3 is 0 Å². The van der Waals surface area contributed by atoms with Gasteiger partial charge in [-0.05, 0) is 47.1 Å². The van der Waals surface area contributed by atoms with Crippen LogP contribution >= 0.6 is 0 Å². The molecule has 0 unspecified atom stereocenters. The molecule has 1 amide bonds. The lowest BCUT2D eigenvalue weighted by Gasteiger charge is -2.24. The van der Waals surface area contributed by atoms with E-state index in [0.29, 0.717) is 33.7 Å². The van der Waals surface area contributed by atoms with Gasteiger partial charge in [0.15, 0.2) is 11.5 Å². The third-order valence-electron chi connectivity index (χ3n) is 4.40. The first-order chi connectivity index (χ1) is 14.5. The number of hydrogen-bond acceptors (Lipinski definition) is 6. The summed E-state index contributed by atoms with van der Waals surface area (Å²) >= 11 is 0. The fourth-order valence-corrected chi connectivity index (χ4v) is 2.97. The highest BCUT2D eigenvalue weighted by atomic mass is 19.1. The monoisotopic (exact) mass is 423 g/mol. The molecule has 31 heavy (non-hydrogen) atoms. The van der Waals surface area contributed by atoms with E-state index in [2.05, 4.69) is 31.8 Å². The highest BCUT2D eigenvalue weighted by molar-refractivity contribution is 5.99. The van der Waals surface area contributed by atoms with Crippen LogP contribution < -0.4 is 10.6 Å². The molecule has 0 atom stereocenters. The average molecular weight is 423 g/mol. The van der Waals surface area contributed by atoms with Gasteiger partial charge in [0.1, 0.15) is 11.7 Å². The van der Waals surface area contributed by atoms with E-state index in [1.165, 1.54) is 26.2 Å². The van der Waals surface area contributed by atoms with Crippen molar-refractivity contribution in [3.8, 4) is 11.9 Å². The Morgan fingerprint density at radius 3 is 2.55 bits per heavy atom. The Labute approximate surface area is 180 Å². The van der Waals surface area contributed by atoms with Crippen LogP contribution in [0.3, 0.4) is 0 Å². The number of nitrogens with zero attached hydrogens (tertiary/aromatic N) is 5. The molecule has 0 aliphatic rings. The minimum absolute atomic E-state index is 0.210. The number of carbonyl (C=O) groups excluding carboxylic acids is 1. The normalized spacial score (nSPS) is 11.9. The summed E-state index contributed by atoms with van der Waals surface area (Å²) < 4.78 is 15.3. The van der Waals surface area contributed by atoms with Crippen molar-refractivity contribution in [3.05, 3.63) is 41.9 Å². The van der Waals surface area contributed by atoms with Gasteiger partial charge in [-0.15, -0.1) is 0 Å². The fraction of sp³-hybridized carbons (Fsp3) is 0.409. The minimum Gasteiger partial charge on any atom is -0.380 e. The van der Waals surface area contributed by atoms with Crippen LogP contribution in [0.2, 0.25) is 0 Å². The van der Waals surface area contributed by atoms with Crippen LogP contribution in [0.4, 0.5) is 10.1 Å². The van der Waals surface area contributed by atoms with Gasteiger partial charge in [0.25, 0.3) is 5.91 Å². The number of aromatic nitrogens is 4. The quantitative estimate of drug-likeness (QED) is 0.625. The molecule has 0 spiro atoms. The summed E-state index contributed by atoms with van der Waals surface area (Å²) in [7, 11) is 0. The Morgan fingerprint density at radius 2 is 1.90 bits per heavy atom. The lowest BCUT2D eigenvalue weighted by atomic mass is 10.1. The summed E-state index contributed by atoms with van der Waals surface area (Å²) in [5.41, 5.74) is 0.245. The van der Waals surface area contributed by atoms with E-state index in [1.807, 2.05) is 20.8 Å². The summed E-state index contributed by atoms with van der Waals surface area (Å²) in [5.74, 6) is 0.137. The molecule has 0 fully saturated rings. The summed E-state index contributed by atoms with van der Waals surface area (Å²) in [4.78, 5) is 21.5. The molecule has 0 aromatic carbocycles. The third kappa shape index (κ3) is 5.54. The highest BCUT2D eigenvalue weighted by Gasteiger charge is 2.21. The Bertz CT molecular complexity index is 1150. The van der Waals surface area contributed by atoms with Crippen molar-refractivity contribution < 1.29 is 9.18 Å². The first-order valence-corrected chi connectivity index (χ1v) is 9.96. The van der Waals surface area contributed by atoms with Crippen molar-refractivity contribution in [1.29, 1.82) is 5.26 Å². The second-order valence-electron chi connectivity index (χ2n) is 8.99. The molecule has 0 radical (unpaired) electrons. The number of carbonyl (C=O) groups is 1. The van der Waals surface area contributed by atoms with Crippen LogP contribution in [0.15, 0.2) is 30.7 Å². The van der Waals surface area contributed by atoms with E-state index < -0.39 is 5.67 Å². The topological polar surface area (TPSA) is 109 Å². The Balaban J connectivity index is 1.96. The highest BCUT2D eigenvalue weighted by Crippen LogP contribution is 2.24. The van der Waals surface area contributed by atoms with Gasteiger partial charge in [-0.1, -0.05) is 0 Å². The van der Waals surface area contributed by atoms with Crippen molar-refractivity contribution in [2.24, 2.45) is 0 Å². The Hall–Kier alpha value is -3.54. The lowest BCUT2D eigenvalue weighted by Crippen LogP contribution is -2.32. The molecule has 3 heterocycles. The molecular weight excluding hydrogens is 397 g/mol. The molecule has 3 aromatic heterocycles. The standard InChI is InChI=1S/C22H26FN7O/c1-21(2,3)29-17-9-18(26-13-16(17)20(31)25-7-6-22(4,5)23)30-19-15(12-28-30)8-14(10-24)11-27-19/h8-9,11-13H,6-7H2,1-5H3,(H,25,31)(H,26,29). The maximum Gasteiger partial charge on any atom is 0.254 e. The number of alkyl halides is 1. The number of rotatable bonds is 6. The van der Waals surface area contributed by atoms with Crippen molar-refractivity contribution in [3.63, 3.8) is 0 Å². The third-order valence-corrected chi connectivity index (χ3v) is 4.40. The summed E-state index contributed by atoms with van der Waals surface area (Å²) in [6.07, 6.45) is 4.77. The zero-order valence-electron chi connectivity index (χ0n) is 18.3. The van der Waals surface area contributed by atoms with E-state index in [-0.39, 0.29) is 24.4 Å². The van der Waals surface area contributed by atoms with Crippen LogP contribution in [0.5, 0.6) is 0 Å². The maximum atomic E-state index is 13.7. The van der Waals surface area contributed by atoms with Gasteiger partial charge in [0.05, 0.1) is 23.0 Å². The van der Waals surface area contributed by atoms with Gasteiger partial charge in [0.2, 0.25) is 0 Å². The Morgan fingerprint density at radius 1 is 1.16 bits per heavy atom. The molecule has 0 aliphatic carbocycles. The van der Waals surface area contributed by atoms with Crippen LogP contribution in [0.1, 0.15) is 57.0 Å². The van der Waals surface area contributed by atoms with E-state index in [0.717, 1.165) is 0 Å². The molecule has 0 bridgehead atoms. The molecule has 0 aliphatic heterocycles. The summed E-state index contributed by atoms with van der Waals surface area (Å²) in [6, 6.07) is 5.49. The van der Waals surface area contributed by atoms with Gasteiger partial charge in [-0.25, -0.2) is 14.4 Å². The van der Waals surface area contributed by atoms with Gasteiger partial charge in [-0.3, -0.25) is 4.79 Å². The van der Waals surface area contributed by atoms with Crippen molar-refractivity contribution in [2.75, 3.05) is 11.9 Å². The number of hydrogen-bond donors (Lipinski definition) is 2. The molecule has 2 N–H and O–H groups in total. The number of anilines is 1. The summed E-state index contributed by atoms with van der Waals surface area (Å²) in [6.45, 7) is 9.11. The number of nitrogens with one attached hydrogen (secondary N) is 2. The van der Waals surface area contributed by atoms with E-state index in [9.17, 15) is 9.18 Å². The van der Waals surface area contributed by atoms with Crippen LogP contribution in [0.25, 0.3) is 16.9 Å². The first-order valence-electron chi connectivity index (χ1n) is 9.96. The largest absolute Gasteiger partial charge is 0.380 e. The summed E-state index contributed by atoms with van der Waals surface area (Å²) in [5, 5.41) is 20.2. The van der Waals surface area contributed by atoms with Gasteiger partial charge < -0.3 is 10.6 Å². The fourth-order valence-electron chi connectivity index (χ4n) is 2.97. The Kier molecular flexibility index (Phi) is 5.93. The molecule has 162 valence electrons. The first kappa shape index (κ1) is 22.2. The lowest BCUT2D eigenvalue weighted by molar-refractivity contribution is 0.0945. The molecular formula is C22H26FN7O. The average Bonchev–Trinajstić information content (AvgIpc) is 3.08. The second-order valence-corrected chi connectivity index (χ2v) is 8.99. The van der Waals surface area contributed by atoms with Crippen molar-refractivity contribution >= 4 is 22.6 Å². The molecule has 3 rings (SSSR count). The number of halogens is 1. The van der Waals surface area contributed by atoms with Crippen LogP contribution in [-0.2, 0) is 0 Å². The molecule has 3 aromatic rings. The zero-order chi connectivity index (χ0) is 22.8.